The Morgan fingerprint density at radius 3 is 2.37 bits per heavy atom. The van der Waals surface area contributed by atoms with Crippen molar-refractivity contribution in [2.75, 3.05) is 11.9 Å². The molecule has 0 bridgehead atoms. The van der Waals surface area contributed by atoms with E-state index < -0.39 is 24.5 Å². The van der Waals surface area contributed by atoms with Crippen molar-refractivity contribution < 1.29 is 28.4 Å². The molecule has 0 radical (unpaired) electrons. The fourth-order valence-electron chi connectivity index (χ4n) is 2.54. The van der Waals surface area contributed by atoms with Gasteiger partial charge in [0.25, 0.3) is 5.91 Å². The summed E-state index contributed by atoms with van der Waals surface area (Å²) in [5.41, 5.74) is 1.85. The van der Waals surface area contributed by atoms with E-state index in [9.17, 15) is 14.4 Å². The van der Waals surface area contributed by atoms with Gasteiger partial charge >= 0.3 is 11.9 Å². The largest absolute Gasteiger partial charge is 0.452 e. The Morgan fingerprint density at radius 2 is 1.77 bits per heavy atom. The Morgan fingerprint density at radius 1 is 1.07 bits per heavy atom. The first-order valence-corrected chi connectivity index (χ1v) is 9.18. The fraction of sp³-hybridized carbons (Fsp3) is 0.143. The molecule has 2 aromatic carbocycles. The van der Waals surface area contributed by atoms with E-state index in [1.54, 1.807) is 55.5 Å². The molecule has 9 heteroatoms. The summed E-state index contributed by atoms with van der Waals surface area (Å²) in [4.78, 5) is 35.0. The molecule has 0 atom stereocenters. The summed E-state index contributed by atoms with van der Waals surface area (Å²) in [7, 11) is 0. The molecule has 0 aliphatic carbocycles. The number of ether oxygens (including phenoxy) is 2. The van der Waals surface area contributed by atoms with E-state index in [0.29, 0.717) is 10.8 Å². The summed E-state index contributed by atoms with van der Waals surface area (Å²) >= 11 is 6.14. The third-order valence-corrected chi connectivity index (χ3v) is 4.16. The standard InChI is InChI=1S/C21H17ClN2O6/c1-12-9-19(24-30-12)23-20(26)11-28-21(27)15-5-3-14(4-6-15)16-7-8-18(17(22)10-16)29-13(2)25/h3-10H,11H2,1-2H3,(H,23,24,26). The average molecular weight is 429 g/mol. The van der Waals surface area contributed by atoms with Crippen LogP contribution in [-0.2, 0) is 14.3 Å². The summed E-state index contributed by atoms with van der Waals surface area (Å²) in [5, 5.41) is 6.37. The molecule has 30 heavy (non-hydrogen) atoms. The molecule has 1 N–H and O–H groups in total. The molecular formula is C21H17ClN2O6. The Bertz CT molecular complexity index is 1090. The Hall–Kier alpha value is -3.65. The molecule has 3 aromatic rings. The van der Waals surface area contributed by atoms with E-state index in [1.807, 2.05) is 0 Å². The van der Waals surface area contributed by atoms with Crippen molar-refractivity contribution in [3.63, 3.8) is 0 Å². The van der Waals surface area contributed by atoms with Gasteiger partial charge < -0.3 is 19.3 Å². The minimum atomic E-state index is -0.642. The van der Waals surface area contributed by atoms with E-state index in [1.165, 1.54) is 6.92 Å². The highest BCUT2D eigenvalue weighted by Crippen LogP contribution is 2.30. The lowest BCUT2D eigenvalue weighted by Crippen LogP contribution is -2.21. The van der Waals surface area contributed by atoms with Crippen LogP contribution in [0.1, 0.15) is 23.0 Å². The normalized spacial score (nSPS) is 10.4. The van der Waals surface area contributed by atoms with Crippen LogP contribution >= 0.6 is 11.6 Å². The first-order chi connectivity index (χ1) is 14.3. The number of aryl methyl sites for hydroxylation is 1. The van der Waals surface area contributed by atoms with Gasteiger partial charge in [0.2, 0.25) is 0 Å². The smallest absolute Gasteiger partial charge is 0.338 e. The monoisotopic (exact) mass is 428 g/mol. The number of nitrogens with one attached hydrogen (secondary N) is 1. The minimum Gasteiger partial charge on any atom is -0.452 e. The number of esters is 2. The maximum atomic E-state index is 12.1. The van der Waals surface area contributed by atoms with E-state index in [2.05, 4.69) is 10.5 Å². The number of amides is 1. The van der Waals surface area contributed by atoms with Gasteiger partial charge in [-0.25, -0.2) is 4.79 Å². The number of anilines is 1. The number of aromatic nitrogens is 1. The third-order valence-electron chi connectivity index (χ3n) is 3.87. The molecule has 0 aliphatic heterocycles. The molecule has 0 saturated carbocycles. The zero-order valence-corrected chi connectivity index (χ0v) is 16.9. The first-order valence-electron chi connectivity index (χ1n) is 8.80. The highest BCUT2D eigenvalue weighted by Gasteiger charge is 2.13. The number of carbonyl (C=O) groups excluding carboxylic acids is 3. The van der Waals surface area contributed by atoms with Gasteiger partial charge in [-0.1, -0.05) is 35.0 Å². The molecule has 154 valence electrons. The zero-order chi connectivity index (χ0) is 21.7. The summed E-state index contributed by atoms with van der Waals surface area (Å²) in [6.45, 7) is 2.52. The van der Waals surface area contributed by atoms with E-state index >= 15 is 0 Å². The second-order valence-corrected chi connectivity index (χ2v) is 6.67. The quantitative estimate of drug-likeness (QED) is 0.466. The lowest BCUT2D eigenvalue weighted by molar-refractivity contribution is -0.131. The number of rotatable bonds is 6. The summed E-state index contributed by atoms with van der Waals surface area (Å²) in [6, 6.07) is 13.1. The van der Waals surface area contributed by atoms with Gasteiger partial charge in [0.1, 0.15) is 11.5 Å². The second-order valence-electron chi connectivity index (χ2n) is 6.26. The number of hydrogen-bond acceptors (Lipinski definition) is 7. The van der Waals surface area contributed by atoms with Crippen LogP contribution in [0.2, 0.25) is 5.02 Å². The molecule has 1 heterocycles. The molecule has 1 aromatic heterocycles. The second kappa shape index (κ2) is 9.23. The number of nitrogens with zero attached hydrogens (tertiary/aromatic N) is 1. The zero-order valence-electron chi connectivity index (χ0n) is 16.1. The SMILES string of the molecule is CC(=O)Oc1ccc(-c2ccc(C(=O)OCC(=O)Nc3cc(C)on3)cc2)cc1Cl. The number of benzene rings is 2. The van der Waals surface area contributed by atoms with Crippen LogP contribution in [0, 0.1) is 6.92 Å². The maximum absolute atomic E-state index is 12.1. The molecule has 8 nitrogen and oxygen atoms in total. The van der Waals surface area contributed by atoms with Gasteiger partial charge in [0, 0.05) is 13.0 Å². The van der Waals surface area contributed by atoms with Crippen LogP contribution in [0.5, 0.6) is 5.75 Å². The lowest BCUT2D eigenvalue weighted by Gasteiger charge is -2.08. The average Bonchev–Trinajstić information content (AvgIpc) is 3.12. The van der Waals surface area contributed by atoms with Crippen molar-refractivity contribution in [3.8, 4) is 16.9 Å². The highest BCUT2D eigenvalue weighted by atomic mass is 35.5. The van der Waals surface area contributed by atoms with Crippen molar-refractivity contribution in [3.05, 3.63) is 64.9 Å². The molecule has 1 amide bonds. The van der Waals surface area contributed by atoms with Crippen LogP contribution in [-0.4, -0.2) is 29.6 Å². The van der Waals surface area contributed by atoms with Crippen molar-refractivity contribution >= 4 is 35.3 Å². The van der Waals surface area contributed by atoms with Gasteiger partial charge in [-0.05, 0) is 42.3 Å². The fourth-order valence-corrected chi connectivity index (χ4v) is 2.75. The summed E-state index contributed by atoms with van der Waals surface area (Å²) in [5.74, 6) is -0.572. The summed E-state index contributed by atoms with van der Waals surface area (Å²) in [6.07, 6.45) is 0. The topological polar surface area (TPSA) is 108 Å². The highest BCUT2D eigenvalue weighted by molar-refractivity contribution is 6.32. The molecule has 0 aliphatic rings. The molecule has 3 rings (SSSR count). The predicted molar refractivity (Wildman–Crippen MR) is 108 cm³/mol. The Kier molecular flexibility index (Phi) is 6.48. The van der Waals surface area contributed by atoms with Crippen molar-refractivity contribution in [1.82, 2.24) is 5.16 Å². The van der Waals surface area contributed by atoms with Gasteiger partial charge in [-0.3, -0.25) is 9.59 Å². The number of carbonyl (C=O) groups is 3. The van der Waals surface area contributed by atoms with Crippen LogP contribution in [0.15, 0.2) is 53.1 Å². The Labute approximate surface area is 176 Å². The lowest BCUT2D eigenvalue weighted by atomic mass is 10.0. The van der Waals surface area contributed by atoms with E-state index in [4.69, 9.17) is 25.6 Å². The Balaban J connectivity index is 1.59. The molecule has 0 unspecified atom stereocenters. The number of hydrogen-bond donors (Lipinski definition) is 1. The maximum Gasteiger partial charge on any atom is 0.338 e. The molecule has 0 fully saturated rings. The van der Waals surface area contributed by atoms with Crippen LogP contribution < -0.4 is 10.1 Å². The van der Waals surface area contributed by atoms with Crippen molar-refractivity contribution in [2.45, 2.75) is 13.8 Å². The minimum absolute atomic E-state index is 0.247. The van der Waals surface area contributed by atoms with Crippen molar-refractivity contribution in [2.24, 2.45) is 0 Å². The van der Waals surface area contributed by atoms with Gasteiger partial charge in [0.05, 0.1) is 10.6 Å². The predicted octanol–water partition coefficient (Wildman–Crippen LogP) is 4.02. The van der Waals surface area contributed by atoms with Crippen LogP contribution in [0.4, 0.5) is 5.82 Å². The van der Waals surface area contributed by atoms with Crippen LogP contribution in [0.25, 0.3) is 11.1 Å². The van der Waals surface area contributed by atoms with Crippen molar-refractivity contribution in [1.29, 1.82) is 0 Å². The third kappa shape index (κ3) is 5.45. The first kappa shape index (κ1) is 21.1. The van der Waals surface area contributed by atoms with E-state index in [-0.39, 0.29) is 17.1 Å². The van der Waals surface area contributed by atoms with Crippen LogP contribution in [0.3, 0.4) is 0 Å². The molecular weight excluding hydrogens is 412 g/mol. The van der Waals surface area contributed by atoms with E-state index in [0.717, 1.165) is 11.1 Å². The molecule has 0 saturated heterocycles. The van der Waals surface area contributed by atoms with Gasteiger partial charge in [0.15, 0.2) is 12.4 Å². The number of halogens is 1. The van der Waals surface area contributed by atoms with Gasteiger partial charge in [-0.15, -0.1) is 0 Å². The summed E-state index contributed by atoms with van der Waals surface area (Å²) < 4.78 is 14.8. The molecule has 0 spiro atoms. The van der Waals surface area contributed by atoms with Gasteiger partial charge in [-0.2, -0.15) is 0 Å².